The Balaban J connectivity index is 2.14. The molecule has 1 aromatic heterocycles. The van der Waals surface area contributed by atoms with Crippen LogP contribution >= 0.6 is 0 Å². The van der Waals surface area contributed by atoms with Crippen molar-refractivity contribution >= 4 is 23.4 Å². The highest BCUT2D eigenvalue weighted by molar-refractivity contribution is 5.98. The fourth-order valence-corrected chi connectivity index (χ4v) is 2.24. The summed E-state index contributed by atoms with van der Waals surface area (Å²) in [6.45, 7) is 0. The van der Waals surface area contributed by atoms with Crippen LogP contribution in [0, 0.1) is 0 Å². The third-order valence-electron chi connectivity index (χ3n) is 3.30. The molecule has 8 nitrogen and oxygen atoms in total. The number of carboxylic acids is 1. The van der Waals surface area contributed by atoms with Crippen LogP contribution in [0.15, 0.2) is 59.6 Å². The number of nitrogens with zero attached hydrogens (tertiary/aromatic N) is 4. The standard InChI is InChI=1S/C16H14N6O2/c17-13(19-10-6-2-1-3-7-10)14-20-21-16(18)22(14)12-9-5-4-8-11(12)15(23)24/h1-9H,(H2,17,19)(H2,18,21)(H,23,24). The van der Waals surface area contributed by atoms with Crippen LogP contribution in [0.3, 0.4) is 0 Å². The van der Waals surface area contributed by atoms with Crippen molar-refractivity contribution in [1.29, 1.82) is 0 Å². The molecule has 0 aliphatic rings. The van der Waals surface area contributed by atoms with Crippen LogP contribution in [-0.4, -0.2) is 31.7 Å². The van der Waals surface area contributed by atoms with Crippen molar-refractivity contribution in [3.8, 4) is 5.69 Å². The molecule has 0 amide bonds. The number of hydrogen-bond donors (Lipinski definition) is 3. The number of nitrogens with two attached hydrogens (primary N) is 2. The van der Waals surface area contributed by atoms with Crippen molar-refractivity contribution < 1.29 is 9.90 Å². The highest BCUT2D eigenvalue weighted by atomic mass is 16.4. The largest absolute Gasteiger partial charge is 0.478 e. The second-order valence-corrected chi connectivity index (χ2v) is 4.87. The van der Waals surface area contributed by atoms with E-state index in [2.05, 4.69) is 15.2 Å². The van der Waals surface area contributed by atoms with E-state index in [1.165, 1.54) is 10.6 Å². The van der Waals surface area contributed by atoms with Crippen LogP contribution < -0.4 is 11.5 Å². The molecule has 0 spiro atoms. The normalized spacial score (nSPS) is 11.4. The number of carboxylic acid groups (broad SMARTS) is 1. The van der Waals surface area contributed by atoms with E-state index in [9.17, 15) is 9.90 Å². The molecule has 0 atom stereocenters. The van der Waals surface area contributed by atoms with Crippen molar-refractivity contribution in [2.24, 2.45) is 10.7 Å². The molecule has 0 unspecified atom stereocenters. The Morgan fingerprint density at radius 2 is 1.71 bits per heavy atom. The number of aromatic carboxylic acids is 1. The maximum absolute atomic E-state index is 11.4. The van der Waals surface area contributed by atoms with E-state index in [4.69, 9.17) is 11.5 Å². The predicted octanol–water partition coefficient (Wildman–Crippen LogP) is 1.58. The summed E-state index contributed by atoms with van der Waals surface area (Å²) in [5.74, 6) is -0.830. The lowest BCUT2D eigenvalue weighted by molar-refractivity contribution is 0.0697. The first kappa shape index (κ1) is 15.2. The first-order valence-corrected chi connectivity index (χ1v) is 7.01. The van der Waals surface area contributed by atoms with Crippen LogP contribution in [0.5, 0.6) is 0 Å². The molecule has 0 fully saturated rings. The third-order valence-corrected chi connectivity index (χ3v) is 3.30. The van der Waals surface area contributed by atoms with Gasteiger partial charge in [0.05, 0.1) is 16.9 Å². The number of anilines is 1. The molecule has 0 aliphatic heterocycles. The molecule has 0 saturated carbocycles. The van der Waals surface area contributed by atoms with Crippen molar-refractivity contribution in [3.63, 3.8) is 0 Å². The average Bonchev–Trinajstić information content (AvgIpc) is 2.97. The number of aromatic nitrogens is 3. The highest BCUT2D eigenvalue weighted by Crippen LogP contribution is 2.20. The molecule has 8 heteroatoms. The molecule has 0 aliphatic carbocycles. The van der Waals surface area contributed by atoms with E-state index < -0.39 is 5.97 Å². The highest BCUT2D eigenvalue weighted by Gasteiger charge is 2.19. The van der Waals surface area contributed by atoms with Crippen molar-refractivity contribution in [2.45, 2.75) is 0 Å². The average molecular weight is 322 g/mol. The van der Waals surface area contributed by atoms with Crippen LogP contribution in [0.1, 0.15) is 16.2 Å². The number of rotatable bonds is 4. The van der Waals surface area contributed by atoms with E-state index >= 15 is 0 Å². The van der Waals surface area contributed by atoms with Crippen LogP contribution in [0.2, 0.25) is 0 Å². The molecule has 0 radical (unpaired) electrons. The molecule has 24 heavy (non-hydrogen) atoms. The third kappa shape index (κ3) is 2.80. The van der Waals surface area contributed by atoms with Gasteiger partial charge in [0.2, 0.25) is 11.8 Å². The van der Waals surface area contributed by atoms with Gasteiger partial charge in [-0.1, -0.05) is 30.3 Å². The van der Waals surface area contributed by atoms with Gasteiger partial charge >= 0.3 is 5.97 Å². The lowest BCUT2D eigenvalue weighted by Crippen LogP contribution is -2.20. The van der Waals surface area contributed by atoms with Gasteiger partial charge in [-0.3, -0.25) is 4.57 Å². The Bertz CT molecular complexity index is 917. The zero-order valence-corrected chi connectivity index (χ0v) is 12.5. The van der Waals surface area contributed by atoms with Gasteiger partial charge in [-0.15, -0.1) is 10.2 Å². The van der Waals surface area contributed by atoms with Gasteiger partial charge in [-0.2, -0.15) is 0 Å². The number of carbonyl (C=O) groups is 1. The first-order chi connectivity index (χ1) is 11.6. The lowest BCUT2D eigenvalue weighted by atomic mass is 10.1. The summed E-state index contributed by atoms with van der Waals surface area (Å²) in [5, 5.41) is 17.1. The van der Waals surface area contributed by atoms with E-state index in [1.54, 1.807) is 30.3 Å². The van der Waals surface area contributed by atoms with Crippen molar-refractivity contribution in [1.82, 2.24) is 14.8 Å². The van der Waals surface area contributed by atoms with Gasteiger partial charge in [-0.05, 0) is 24.3 Å². The minimum absolute atomic E-state index is 0.0184. The number of para-hydroxylation sites is 2. The molecule has 1 heterocycles. The molecule has 0 bridgehead atoms. The van der Waals surface area contributed by atoms with Gasteiger partial charge in [0.25, 0.3) is 0 Å². The van der Waals surface area contributed by atoms with Crippen LogP contribution in [-0.2, 0) is 0 Å². The van der Waals surface area contributed by atoms with E-state index in [0.29, 0.717) is 11.4 Å². The second kappa shape index (κ2) is 6.21. The molecule has 5 N–H and O–H groups in total. The number of hydrogen-bond acceptors (Lipinski definition) is 5. The molecule has 120 valence electrons. The van der Waals surface area contributed by atoms with Gasteiger partial charge in [-0.25, -0.2) is 9.79 Å². The maximum Gasteiger partial charge on any atom is 0.337 e. The summed E-state index contributed by atoms with van der Waals surface area (Å²) < 4.78 is 1.37. The number of amidine groups is 1. The van der Waals surface area contributed by atoms with Gasteiger partial charge < -0.3 is 16.6 Å². The zero-order chi connectivity index (χ0) is 17.1. The molecule has 2 aromatic carbocycles. The molecular formula is C16H14N6O2. The summed E-state index contributed by atoms with van der Waals surface area (Å²) in [7, 11) is 0. The smallest absolute Gasteiger partial charge is 0.337 e. The van der Waals surface area contributed by atoms with E-state index in [-0.39, 0.29) is 23.2 Å². The van der Waals surface area contributed by atoms with Crippen molar-refractivity contribution in [3.05, 3.63) is 66.0 Å². The quantitative estimate of drug-likeness (QED) is 0.493. The molecule has 3 rings (SSSR count). The Hall–Kier alpha value is -3.68. The monoisotopic (exact) mass is 322 g/mol. The summed E-state index contributed by atoms with van der Waals surface area (Å²) in [4.78, 5) is 15.7. The Labute approximate surface area is 137 Å². The fraction of sp³-hybridized carbons (Fsp3) is 0. The molecule has 0 saturated heterocycles. The summed E-state index contributed by atoms with van der Waals surface area (Å²) in [6.07, 6.45) is 0. The Kier molecular flexibility index (Phi) is 3.94. The Morgan fingerprint density at radius 3 is 2.42 bits per heavy atom. The zero-order valence-electron chi connectivity index (χ0n) is 12.5. The number of benzene rings is 2. The summed E-state index contributed by atoms with van der Waals surface area (Å²) in [6, 6.07) is 15.4. The first-order valence-electron chi connectivity index (χ1n) is 7.01. The van der Waals surface area contributed by atoms with Gasteiger partial charge in [0, 0.05) is 0 Å². The summed E-state index contributed by atoms with van der Waals surface area (Å²) >= 11 is 0. The molecule has 3 aromatic rings. The van der Waals surface area contributed by atoms with Gasteiger partial charge in [0.1, 0.15) is 0 Å². The summed E-state index contributed by atoms with van der Waals surface area (Å²) in [5.41, 5.74) is 12.9. The number of aliphatic imine (C=N–C) groups is 1. The van der Waals surface area contributed by atoms with E-state index in [1.807, 2.05) is 18.2 Å². The predicted molar refractivity (Wildman–Crippen MR) is 89.6 cm³/mol. The van der Waals surface area contributed by atoms with Crippen LogP contribution in [0.4, 0.5) is 11.6 Å². The fourth-order valence-electron chi connectivity index (χ4n) is 2.24. The maximum atomic E-state index is 11.4. The Morgan fingerprint density at radius 1 is 1.04 bits per heavy atom. The van der Waals surface area contributed by atoms with Crippen LogP contribution in [0.25, 0.3) is 5.69 Å². The minimum Gasteiger partial charge on any atom is -0.478 e. The SMILES string of the molecule is NC(=Nc1ccccc1)c1nnc(N)n1-c1ccccc1C(=O)O. The topological polar surface area (TPSA) is 132 Å². The van der Waals surface area contributed by atoms with E-state index in [0.717, 1.165) is 0 Å². The van der Waals surface area contributed by atoms with Gasteiger partial charge in [0.15, 0.2) is 5.84 Å². The lowest BCUT2D eigenvalue weighted by Gasteiger charge is -2.10. The minimum atomic E-state index is -1.09. The second-order valence-electron chi connectivity index (χ2n) is 4.87. The number of nitrogen functional groups attached to an aromatic ring is 1. The molecular weight excluding hydrogens is 308 g/mol. The van der Waals surface area contributed by atoms with Crippen molar-refractivity contribution in [2.75, 3.05) is 5.73 Å².